The van der Waals surface area contributed by atoms with Gasteiger partial charge >= 0.3 is 5.97 Å². The van der Waals surface area contributed by atoms with Crippen LogP contribution in [0.3, 0.4) is 0 Å². The van der Waals surface area contributed by atoms with Gasteiger partial charge in [-0.25, -0.2) is 9.79 Å². The van der Waals surface area contributed by atoms with Crippen molar-refractivity contribution >= 4 is 45.8 Å². The first-order valence-corrected chi connectivity index (χ1v) is 15.3. The monoisotopic (exact) mass is 612 g/mol. The van der Waals surface area contributed by atoms with E-state index in [1.54, 1.807) is 30.7 Å². The standard InChI is InChI=1S/C34H29ClN2O5S/c1-4-9-25-30(33(39)41-5-2)31(29-24-13-7-6-10-20(24)14-16-27(29)40-3)37-32(38)28(43-34(37)36-25)19-23-15-17-26(42-23)21-11-8-12-22(35)18-21/h6-8,10-19,31H,4-5,9H2,1-3H3/b28-19+. The number of allylic oxidation sites excluding steroid dienone is 1. The SMILES string of the molecule is CCCC1=C(C(=O)OCC)C(c2c(OC)ccc3ccccc23)n2c(s/c(=C/c3ccc(-c4cccc(Cl)c4)o3)c2=O)=N1. The molecule has 1 unspecified atom stereocenters. The summed E-state index contributed by atoms with van der Waals surface area (Å²) >= 11 is 7.43. The van der Waals surface area contributed by atoms with E-state index >= 15 is 0 Å². The van der Waals surface area contributed by atoms with Crippen molar-refractivity contribution in [1.29, 1.82) is 0 Å². The zero-order valence-electron chi connectivity index (χ0n) is 23.9. The second-order valence-electron chi connectivity index (χ2n) is 10.0. The van der Waals surface area contributed by atoms with E-state index in [1.165, 1.54) is 11.3 Å². The van der Waals surface area contributed by atoms with Gasteiger partial charge in [-0.1, -0.05) is 78.7 Å². The summed E-state index contributed by atoms with van der Waals surface area (Å²) < 4.78 is 19.5. The van der Waals surface area contributed by atoms with Crippen LogP contribution in [0.2, 0.25) is 5.02 Å². The van der Waals surface area contributed by atoms with Gasteiger partial charge in [0.1, 0.15) is 23.3 Å². The normalized spacial score (nSPS) is 15.0. The Hall–Kier alpha value is -4.40. The first-order chi connectivity index (χ1) is 20.9. The molecular weight excluding hydrogens is 584 g/mol. The van der Waals surface area contributed by atoms with E-state index < -0.39 is 12.0 Å². The molecule has 0 aliphatic carbocycles. The maximum absolute atomic E-state index is 14.3. The van der Waals surface area contributed by atoms with Crippen LogP contribution in [-0.2, 0) is 9.53 Å². The van der Waals surface area contributed by atoms with Crippen LogP contribution < -0.4 is 19.6 Å². The number of fused-ring (bicyclic) bond motifs is 2. The average molecular weight is 613 g/mol. The lowest BCUT2D eigenvalue weighted by molar-refractivity contribution is -0.139. The molecule has 1 aliphatic rings. The molecule has 0 spiro atoms. The molecule has 0 N–H and O–H groups in total. The van der Waals surface area contributed by atoms with E-state index in [0.717, 1.165) is 22.8 Å². The van der Waals surface area contributed by atoms with Gasteiger partial charge in [0.2, 0.25) is 0 Å². The van der Waals surface area contributed by atoms with Crippen LogP contribution in [0.15, 0.2) is 98.3 Å². The van der Waals surface area contributed by atoms with E-state index in [9.17, 15) is 9.59 Å². The predicted molar refractivity (Wildman–Crippen MR) is 169 cm³/mol. The zero-order valence-corrected chi connectivity index (χ0v) is 25.5. The largest absolute Gasteiger partial charge is 0.496 e. The van der Waals surface area contributed by atoms with E-state index in [4.69, 9.17) is 30.5 Å². The Bertz CT molecular complexity index is 2070. The second kappa shape index (κ2) is 12.1. The molecule has 218 valence electrons. The van der Waals surface area contributed by atoms with Crippen molar-refractivity contribution in [3.8, 4) is 17.1 Å². The van der Waals surface area contributed by atoms with Crippen LogP contribution >= 0.6 is 22.9 Å². The fraction of sp³-hybridized carbons (Fsp3) is 0.206. The lowest BCUT2D eigenvalue weighted by Crippen LogP contribution is -2.40. The van der Waals surface area contributed by atoms with Gasteiger partial charge < -0.3 is 13.9 Å². The van der Waals surface area contributed by atoms with E-state index in [1.807, 2.05) is 73.7 Å². The number of thiazole rings is 1. The molecule has 0 bridgehead atoms. The third-order valence-corrected chi connectivity index (χ3v) is 8.54. The number of halogens is 1. The van der Waals surface area contributed by atoms with E-state index in [-0.39, 0.29) is 12.2 Å². The summed E-state index contributed by atoms with van der Waals surface area (Å²) in [6, 6.07) is 21.9. The topological polar surface area (TPSA) is 83.0 Å². The molecule has 6 rings (SSSR count). The molecule has 1 aliphatic heterocycles. The fourth-order valence-corrected chi connectivity index (χ4v) is 6.68. The quantitative estimate of drug-likeness (QED) is 0.183. The Morgan fingerprint density at radius 1 is 1.09 bits per heavy atom. The molecule has 0 radical (unpaired) electrons. The van der Waals surface area contributed by atoms with E-state index in [0.29, 0.717) is 54.9 Å². The summed E-state index contributed by atoms with van der Waals surface area (Å²) in [7, 11) is 1.59. The third kappa shape index (κ3) is 5.32. The molecule has 3 aromatic carbocycles. The predicted octanol–water partition coefficient (Wildman–Crippen LogP) is 6.65. The van der Waals surface area contributed by atoms with Crippen molar-refractivity contribution < 1.29 is 18.7 Å². The highest BCUT2D eigenvalue weighted by atomic mass is 35.5. The van der Waals surface area contributed by atoms with Crippen molar-refractivity contribution in [1.82, 2.24) is 4.57 Å². The number of aromatic nitrogens is 1. The number of carbonyl (C=O) groups excluding carboxylic acids is 1. The Morgan fingerprint density at radius 3 is 2.70 bits per heavy atom. The van der Waals surface area contributed by atoms with Gasteiger partial charge in [-0.05, 0) is 54.4 Å². The lowest BCUT2D eigenvalue weighted by atomic mass is 9.90. The number of hydrogen-bond donors (Lipinski definition) is 0. The van der Waals surface area contributed by atoms with Crippen LogP contribution in [-0.4, -0.2) is 24.3 Å². The number of methoxy groups -OCH3 is 1. The summed E-state index contributed by atoms with van der Waals surface area (Å²) in [5, 5.41) is 2.44. The van der Waals surface area contributed by atoms with Gasteiger partial charge in [0.05, 0.1) is 29.5 Å². The van der Waals surface area contributed by atoms with Crippen molar-refractivity contribution in [3.63, 3.8) is 0 Å². The van der Waals surface area contributed by atoms with Crippen LogP contribution in [0, 0.1) is 0 Å². The van der Waals surface area contributed by atoms with Gasteiger partial charge in [-0.15, -0.1) is 0 Å². The molecule has 0 saturated carbocycles. The summed E-state index contributed by atoms with van der Waals surface area (Å²) in [5.41, 5.74) is 2.20. The number of ether oxygens (including phenoxy) is 2. The molecule has 0 saturated heterocycles. The molecule has 2 aromatic heterocycles. The minimum Gasteiger partial charge on any atom is -0.496 e. The van der Waals surface area contributed by atoms with Crippen molar-refractivity contribution in [2.24, 2.45) is 4.99 Å². The number of hydrogen-bond acceptors (Lipinski definition) is 7. The minimum absolute atomic E-state index is 0.193. The Balaban J connectivity index is 1.60. The molecule has 1 atom stereocenters. The number of furan rings is 1. The molecule has 0 amide bonds. The smallest absolute Gasteiger partial charge is 0.338 e. The fourth-order valence-electron chi connectivity index (χ4n) is 5.49. The molecule has 5 aromatic rings. The van der Waals surface area contributed by atoms with Crippen molar-refractivity contribution in [3.05, 3.63) is 120 Å². The number of benzene rings is 3. The molecule has 9 heteroatoms. The number of carbonyl (C=O) groups is 1. The first kappa shape index (κ1) is 28.7. The lowest BCUT2D eigenvalue weighted by Gasteiger charge is -2.28. The Morgan fingerprint density at radius 2 is 1.93 bits per heavy atom. The number of nitrogens with zero attached hydrogens (tertiary/aromatic N) is 2. The Kier molecular flexibility index (Phi) is 8.06. The van der Waals surface area contributed by atoms with Gasteiger partial charge in [0, 0.05) is 22.2 Å². The zero-order chi connectivity index (χ0) is 30.1. The summed E-state index contributed by atoms with van der Waals surface area (Å²) in [6.07, 6.45) is 3.02. The Labute approximate surface area is 257 Å². The highest BCUT2D eigenvalue weighted by Crippen LogP contribution is 2.41. The maximum Gasteiger partial charge on any atom is 0.338 e. The molecule has 3 heterocycles. The van der Waals surface area contributed by atoms with Crippen LogP contribution in [0.4, 0.5) is 0 Å². The third-order valence-electron chi connectivity index (χ3n) is 7.33. The van der Waals surface area contributed by atoms with Crippen LogP contribution in [0.1, 0.15) is 44.1 Å². The second-order valence-corrected chi connectivity index (χ2v) is 11.5. The van der Waals surface area contributed by atoms with Gasteiger partial charge in [-0.3, -0.25) is 9.36 Å². The van der Waals surface area contributed by atoms with Crippen LogP contribution in [0.25, 0.3) is 28.2 Å². The minimum atomic E-state index is -0.807. The van der Waals surface area contributed by atoms with Crippen LogP contribution in [0.5, 0.6) is 5.75 Å². The van der Waals surface area contributed by atoms with Crippen molar-refractivity contribution in [2.75, 3.05) is 13.7 Å². The molecular formula is C34H29ClN2O5S. The summed E-state index contributed by atoms with van der Waals surface area (Å²) in [4.78, 5) is 33.3. The van der Waals surface area contributed by atoms with Gasteiger partial charge in [0.25, 0.3) is 5.56 Å². The summed E-state index contributed by atoms with van der Waals surface area (Å²) in [5.74, 6) is 1.21. The van der Waals surface area contributed by atoms with Gasteiger partial charge in [0.15, 0.2) is 4.80 Å². The van der Waals surface area contributed by atoms with Gasteiger partial charge in [-0.2, -0.15) is 0 Å². The molecule has 7 nitrogen and oxygen atoms in total. The maximum atomic E-state index is 14.3. The number of rotatable bonds is 8. The highest BCUT2D eigenvalue weighted by molar-refractivity contribution is 7.07. The average Bonchev–Trinajstić information content (AvgIpc) is 3.60. The first-order valence-electron chi connectivity index (χ1n) is 14.1. The number of esters is 1. The summed E-state index contributed by atoms with van der Waals surface area (Å²) in [6.45, 7) is 3.99. The van der Waals surface area contributed by atoms with E-state index in [2.05, 4.69) is 0 Å². The molecule has 0 fully saturated rings. The highest BCUT2D eigenvalue weighted by Gasteiger charge is 2.37. The molecule has 43 heavy (non-hydrogen) atoms. The van der Waals surface area contributed by atoms with Crippen molar-refractivity contribution in [2.45, 2.75) is 32.7 Å².